The Labute approximate surface area is 135 Å². The molecule has 2 aromatic rings. The van der Waals surface area contributed by atoms with Crippen molar-refractivity contribution in [2.24, 2.45) is 0 Å². The van der Waals surface area contributed by atoms with E-state index in [2.05, 4.69) is 26.2 Å². The SMILES string of the molecule is Cc1cc(Cl)nc(Cl)c1NC(C)c1ccc(F)c(Br)c1. The molecule has 20 heavy (non-hydrogen) atoms. The molecule has 2 nitrogen and oxygen atoms in total. The fourth-order valence-corrected chi connectivity index (χ4v) is 2.83. The maximum absolute atomic E-state index is 13.2. The summed E-state index contributed by atoms with van der Waals surface area (Å²) in [5.41, 5.74) is 2.57. The van der Waals surface area contributed by atoms with Crippen LogP contribution in [0.3, 0.4) is 0 Å². The summed E-state index contributed by atoms with van der Waals surface area (Å²) in [7, 11) is 0. The molecular formula is C14H12BrCl2FN2. The molecule has 0 saturated heterocycles. The number of pyridine rings is 1. The monoisotopic (exact) mass is 376 g/mol. The zero-order valence-corrected chi connectivity index (χ0v) is 13.9. The van der Waals surface area contributed by atoms with Gasteiger partial charge in [-0.2, -0.15) is 0 Å². The van der Waals surface area contributed by atoms with Crippen LogP contribution in [0.25, 0.3) is 0 Å². The molecule has 0 amide bonds. The van der Waals surface area contributed by atoms with E-state index >= 15 is 0 Å². The molecule has 1 aromatic heterocycles. The van der Waals surface area contributed by atoms with Crippen LogP contribution in [0.1, 0.15) is 24.1 Å². The van der Waals surface area contributed by atoms with Crippen molar-refractivity contribution in [3.63, 3.8) is 0 Å². The maximum Gasteiger partial charge on any atom is 0.154 e. The van der Waals surface area contributed by atoms with Crippen molar-refractivity contribution in [3.8, 4) is 0 Å². The fraction of sp³-hybridized carbons (Fsp3) is 0.214. The Morgan fingerprint density at radius 1 is 1.30 bits per heavy atom. The van der Waals surface area contributed by atoms with Crippen molar-refractivity contribution >= 4 is 44.8 Å². The second-order valence-corrected chi connectivity index (χ2v) is 6.07. The van der Waals surface area contributed by atoms with Crippen molar-refractivity contribution in [1.82, 2.24) is 4.98 Å². The zero-order valence-electron chi connectivity index (χ0n) is 10.8. The van der Waals surface area contributed by atoms with Crippen LogP contribution in [0.5, 0.6) is 0 Å². The van der Waals surface area contributed by atoms with E-state index in [1.807, 2.05) is 13.8 Å². The third-order valence-electron chi connectivity index (χ3n) is 2.95. The third-order valence-corrected chi connectivity index (χ3v) is 4.02. The second-order valence-electron chi connectivity index (χ2n) is 4.47. The van der Waals surface area contributed by atoms with E-state index in [9.17, 15) is 4.39 Å². The molecule has 1 atom stereocenters. The van der Waals surface area contributed by atoms with Crippen LogP contribution in [0.4, 0.5) is 10.1 Å². The number of rotatable bonds is 3. The first-order valence-corrected chi connectivity index (χ1v) is 7.47. The Morgan fingerprint density at radius 3 is 2.60 bits per heavy atom. The number of anilines is 1. The Kier molecular flexibility index (Phi) is 4.89. The van der Waals surface area contributed by atoms with Crippen LogP contribution in [-0.2, 0) is 0 Å². The van der Waals surface area contributed by atoms with Gasteiger partial charge in [0.2, 0.25) is 0 Å². The number of aryl methyl sites for hydroxylation is 1. The van der Waals surface area contributed by atoms with E-state index in [0.29, 0.717) is 14.8 Å². The lowest BCUT2D eigenvalue weighted by Gasteiger charge is -2.18. The molecule has 0 aliphatic carbocycles. The van der Waals surface area contributed by atoms with Crippen molar-refractivity contribution in [2.75, 3.05) is 5.32 Å². The van der Waals surface area contributed by atoms with E-state index < -0.39 is 0 Å². The molecule has 1 aromatic carbocycles. The number of nitrogens with zero attached hydrogens (tertiary/aromatic N) is 1. The second kappa shape index (κ2) is 6.29. The molecule has 0 aliphatic rings. The van der Waals surface area contributed by atoms with Gasteiger partial charge in [0, 0.05) is 6.04 Å². The highest BCUT2D eigenvalue weighted by atomic mass is 79.9. The summed E-state index contributed by atoms with van der Waals surface area (Å²) in [5.74, 6) is -0.289. The van der Waals surface area contributed by atoms with Gasteiger partial charge in [0.1, 0.15) is 11.0 Å². The lowest BCUT2D eigenvalue weighted by atomic mass is 10.1. The van der Waals surface area contributed by atoms with Gasteiger partial charge >= 0.3 is 0 Å². The molecule has 0 fully saturated rings. The topological polar surface area (TPSA) is 24.9 Å². The predicted octanol–water partition coefficient (Wildman–Crippen LogP) is 5.77. The predicted molar refractivity (Wildman–Crippen MR) is 85.1 cm³/mol. The summed E-state index contributed by atoms with van der Waals surface area (Å²) in [5, 5.41) is 3.95. The first-order chi connectivity index (χ1) is 9.38. The lowest BCUT2D eigenvalue weighted by Crippen LogP contribution is -2.09. The fourth-order valence-electron chi connectivity index (χ4n) is 1.85. The normalized spacial score (nSPS) is 12.3. The van der Waals surface area contributed by atoms with E-state index in [-0.39, 0.29) is 11.9 Å². The van der Waals surface area contributed by atoms with Gasteiger partial charge in [-0.1, -0.05) is 29.3 Å². The minimum atomic E-state index is -0.289. The summed E-state index contributed by atoms with van der Waals surface area (Å²) in [6, 6.07) is 6.57. The molecule has 1 N–H and O–H groups in total. The Bertz CT molecular complexity index is 626. The Hall–Kier alpha value is -0.840. The molecular weight excluding hydrogens is 366 g/mol. The van der Waals surface area contributed by atoms with E-state index in [0.717, 1.165) is 16.8 Å². The van der Waals surface area contributed by atoms with Crippen molar-refractivity contribution in [3.05, 3.63) is 56.0 Å². The largest absolute Gasteiger partial charge is 0.376 e. The van der Waals surface area contributed by atoms with Gasteiger partial charge in [-0.15, -0.1) is 0 Å². The highest BCUT2D eigenvalue weighted by molar-refractivity contribution is 9.10. The number of halogens is 4. The molecule has 0 saturated carbocycles. The summed E-state index contributed by atoms with van der Waals surface area (Å²) >= 11 is 15.1. The smallest absolute Gasteiger partial charge is 0.154 e. The summed E-state index contributed by atoms with van der Waals surface area (Å²) in [6.07, 6.45) is 0. The Balaban J connectivity index is 2.27. The van der Waals surface area contributed by atoms with Crippen molar-refractivity contribution in [1.29, 1.82) is 0 Å². The van der Waals surface area contributed by atoms with Crippen LogP contribution >= 0.6 is 39.1 Å². The van der Waals surface area contributed by atoms with Crippen molar-refractivity contribution in [2.45, 2.75) is 19.9 Å². The molecule has 2 rings (SSSR count). The van der Waals surface area contributed by atoms with E-state index in [1.165, 1.54) is 6.07 Å². The standard InChI is InChI=1S/C14H12BrCl2FN2/c1-7-5-12(16)20-14(17)13(7)19-8(2)9-3-4-11(18)10(15)6-9/h3-6,8,19H,1-2H3. The molecule has 6 heteroatoms. The average Bonchev–Trinajstić information content (AvgIpc) is 2.36. The zero-order chi connectivity index (χ0) is 14.9. The molecule has 1 heterocycles. The first kappa shape index (κ1) is 15.5. The average molecular weight is 378 g/mol. The highest BCUT2D eigenvalue weighted by Crippen LogP contribution is 2.30. The third kappa shape index (κ3) is 3.43. The van der Waals surface area contributed by atoms with E-state index in [4.69, 9.17) is 23.2 Å². The quantitative estimate of drug-likeness (QED) is 0.686. The first-order valence-electron chi connectivity index (χ1n) is 5.92. The van der Waals surface area contributed by atoms with Crippen LogP contribution in [0, 0.1) is 12.7 Å². The van der Waals surface area contributed by atoms with Gasteiger partial charge in [-0.3, -0.25) is 0 Å². The highest BCUT2D eigenvalue weighted by Gasteiger charge is 2.13. The molecule has 0 aliphatic heterocycles. The Morgan fingerprint density at radius 2 is 2.00 bits per heavy atom. The van der Waals surface area contributed by atoms with Gasteiger partial charge in [0.15, 0.2) is 5.15 Å². The van der Waals surface area contributed by atoms with Gasteiger partial charge < -0.3 is 5.32 Å². The van der Waals surface area contributed by atoms with Crippen LogP contribution in [-0.4, -0.2) is 4.98 Å². The minimum Gasteiger partial charge on any atom is -0.376 e. The number of aromatic nitrogens is 1. The number of hydrogen-bond acceptors (Lipinski definition) is 2. The van der Waals surface area contributed by atoms with Crippen LogP contribution in [0.15, 0.2) is 28.7 Å². The summed E-state index contributed by atoms with van der Waals surface area (Å²) in [6.45, 7) is 3.86. The summed E-state index contributed by atoms with van der Waals surface area (Å²) in [4.78, 5) is 4.01. The molecule has 1 unspecified atom stereocenters. The number of benzene rings is 1. The lowest BCUT2D eigenvalue weighted by molar-refractivity contribution is 0.619. The summed E-state index contributed by atoms with van der Waals surface area (Å²) < 4.78 is 13.7. The number of hydrogen-bond donors (Lipinski definition) is 1. The minimum absolute atomic E-state index is 0.0499. The van der Waals surface area contributed by atoms with Gasteiger partial charge in [-0.25, -0.2) is 9.37 Å². The van der Waals surface area contributed by atoms with E-state index in [1.54, 1.807) is 18.2 Å². The number of nitrogens with one attached hydrogen (secondary N) is 1. The van der Waals surface area contributed by atoms with Crippen molar-refractivity contribution < 1.29 is 4.39 Å². The maximum atomic E-state index is 13.2. The van der Waals surface area contributed by atoms with Gasteiger partial charge in [0.05, 0.1) is 10.2 Å². The van der Waals surface area contributed by atoms with Crippen LogP contribution in [0.2, 0.25) is 10.3 Å². The van der Waals surface area contributed by atoms with Gasteiger partial charge in [-0.05, 0) is 59.1 Å². The molecule has 0 spiro atoms. The van der Waals surface area contributed by atoms with Crippen LogP contribution < -0.4 is 5.32 Å². The molecule has 106 valence electrons. The van der Waals surface area contributed by atoms with Gasteiger partial charge in [0.25, 0.3) is 0 Å². The molecule has 0 bridgehead atoms. The molecule has 0 radical (unpaired) electrons.